The van der Waals surface area contributed by atoms with Crippen molar-refractivity contribution in [3.63, 3.8) is 0 Å². The Bertz CT molecular complexity index is 795. The van der Waals surface area contributed by atoms with Gasteiger partial charge in [0.1, 0.15) is 0 Å². The van der Waals surface area contributed by atoms with Gasteiger partial charge in [-0.2, -0.15) is 4.31 Å². The first kappa shape index (κ1) is 21.8. The Balaban J connectivity index is 1.46. The van der Waals surface area contributed by atoms with Crippen molar-refractivity contribution in [2.75, 3.05) is 19.7 Å². The summed E-state index contributed by atoms with van der Waals surface area (Å²) in [6.07, 6.45) is 8.24. The first-order chi connectivity index (χ1) is 13.9. The minimum atomic E-state index is -3.48. The number of nitrogens with one attached hydrogen (secondary N) is 1. The van der Waals surface area contributed by atoms with E-state index in [9.17, 15) is 18.0 Å². The van der Waals surface area contributed by atoms with Crippen LogP contribution < -0.4 is 5.32 Å². The molecule has 0 aromatic heterocycles. The Labute approximate surface area is 172 Å². The smallest absolute Gasteiger partial charge is 0.310 e. The highest BCUT2D eigenvalue weighted by Crippen LogP contribution is 2.21. The van der Waals surface area contributed by atoms with Gasteiger partial charge in [0.15, 0.2) is 6.61 Å². The van der Waals surface area contributed by atoms with Gasteiger partial charge in [0.2, 0.25) is 10.0 Å². The average Bonchev–Trinajstić information content (AvgIpc) is 2.74. The third kappa shape index (κ3) is 6.27. The fourth-order valence-corrected chi connectivity index (χ4v) is 5.43. The Morgan fingerprint density at radius 3 is 2.24 bits per heavy atom. The van der Waals surface area contributed by atoms with Gasteiger partial charge in [0.25, 0.3) is 5.91 Å². The minimum absolute atomic E-state index is 0.000745. The number of carbonyl (C=O) groups excluding carboxylic acids is 2. The SMILES string of the molecule is O=C(COC(=O)Cc1ccc(S(=O)(=O)N2CCCCC2)cc1)NC1CCCCC1. The quantitative estimate of drug-likeness (QED) is 0.681. The first-order valence-corrected chi connectivity index (χ1v) is 11.9. The molecule has 1 aromatic carbocycles. The van der Waals surface area contributed by atoms with Crippen LogP contribution in [-0.4, -0.2) is 50.3 Å². The van der Waals surface area contributed by atoms with E-state index in [2.05, 4.69) is 5.32 Å². The number of piperidine rings is 1. The Morgan fingerprint density at radius 2 is 1.59 bits per heavy atom. The fraction of sp³-hybridized carbons (Fsp3) is 0.619. The normalized spacial score (nSPS) is 18.9. The standard InChI is InChI=1S/C21H30N2O5S/c24-20(22-18-7-3-1-4-8-18)16-28-21(25)15-17-9-11-19(12-10-17)29(26,27)23-13-5-2-6-14-23/h9-12,18H,1-8,13-16H2,(H,22,24). The highest BCUT2D eigenvalue weighted by Gasteiger charge is 2.25. The number of hydrogen-bond acceptors (Lipinski definition) is 5. The zero-order valence-electron chi connectivity index (χ0n) is 16.8. The molecule has 29 heavy (non-hydrogen) atoms. The topological polar surface area (TPSA) is 92.8 Å². The molecule has 1 aliphatic heterocycles. The molecule has 1 aromatic rings. The van der Waals surface area contributed by atoms with E-state index in [4.69, 9.17) is 4.74 Å². The minimum Gasteiger partial charge on any atom is -0.455 e. The van der Waals surface area contributed by atoms with E-state index >= 15 is 0 Å². The van der Waals surface area contributed by atoms with Crippen molar-refractivity contribution in [2.45, 2.75) is 68.7 Å². The number of rotatable bonds is 7. The summed E-state index contributed by atoms with van der Waals surface area (Å²) in [6, 6.07) is 6.50. The second kappa shape index (κ2) is 10.2. The molecule has 0 radical (unpaired) electrons. The lowest BCUT2D eigenvalue weighted by Gasteiger charge is -2.25. The number of carbonyl (C=O) groups is 2. The fourth-order valence-electron chi connectivity index (χ4n) is 3.91. The van der Waals surface area contributed by atoms with Gasteiger partial charge in [0, 0.05) is 19.1 Å². The number of amides is 1. The molecule has 7 nitrogen and oxygen atoms in total. The van der Waals surface area contributed by atoms with E-state index < -0.39 is 16.0 Å². The lowest BCUT2D eigenvalue weighted by atomic mass is 9.95. The summed E-state index contributed by atoms with van der Waals surface area (Å²) >= 11 is 0. The van der Waals surface area contributed by atoms with Gasteiger partial charge in [-0.05, 0) is 43.4 Å². The van der Waals surface area contributed by atoms with Crippen LogP contribution in [0.25, 0.3) is 0 Å². The van der Waals surface area contributed by atoms with E-state index in [1.807, 2.05) is 0 Å². The molecule has 3 rings (SSSR count). The van der Waals surface area contributed by atoms with Crippen LogP contribution in [0.5, 0.6) is 0 Å². The highest BCUT2D eigenvalue weighted by atomic mass is 32.2. The van der Waals surface area contributed by atoms with E-state index in [0.29, 0.717) is 18.7 Å². The van der Waals surface area contributed by atoms with Crippen molar-refractivity contribution in [3.05, 3.63) is 29.8 Å². The van der Waals surface area contributed by atoms with Crippen LogP contribution in [0.15, 0.2) is 29.2 Å². The molecule has 0 unspecified atom stereocenters. The van der Waals surface area contributed by atoms with Crippen molar-refractivity contribution in [2.24, 2.45) is 0 Å². The summed E-state index contributed by atoms with van der Waals surface area (Å²) < 4.78 is 31.9. The monoisotopic (exact) mass is 422 g/mol. The molecule has 0 bridgehead atoms. The van der Waals surface area contributed by atoms with Crippen LogP contribution in [0.2, 0.25) is 0 Å². The van der Waals surface area contributed by atoms with Gasteiger partial charge in [-0.15, -0.1) is 0 Å². The molecule has 1 saturated carbocycles. The molecule has 8 heteroatoms. The van der Waals surface area contributed by atoms with Crippen LogP contribution in [-0.2, 0) is 30.8 Å². The van der Waals surface area contributed by atoms with Gasteiger partial charge < -0.3 is 10.1 Å². The molecular weight excluding hydrogens is 392 g/mol. The van der Waals surface area contributed by atoms with E-state index in [1.54, 1.807) is 12.1 Å². The maximum absolute atomic E-state index is 12.7. The van der Waals surface area contributed by atoms with Crippen LogP contribution in [0.4, 0.5) is 0 Å². The van der Waals surface area contributed by atoms with Gasteiger partial charge in [-0.25, -0.2) is 8.42 Å². The van der Waals surface area contributed by atoms with Crippen LogP contribution >= 0.6 is 0 Å². The lowest BCUT2D eigenvalue weighted by molar-refractivity contribution is -0.148. The molecule has 2 fully saturated rings. The predicted molar refractivity (Wildman–Crippen MR) is 109 cm³/mol. The second-order valence-electron chi connectivity index (χ2n) is 7.85. The molecule has 0 spiro atoms. The van der Waals surface area contributed by atoms with Crippen LogP contribution in [0, 0.1) is 0 Å². The number of ether oxygens (including phenoxy) is 1. The molecule has 1 heterocycles. The van der Waals surface area contributed by atoms with Gasteiger partial charge in [-0.1, -0.05) is 37.8 Å². The van der Waals surface area contributed by atoms with Crippen LogP contribution in [0.1, 0.15) is 56.9 Å². The largest absolute Gasteiger partial charge is 0.455 e. The van der Waals surface area contributed by atoms with Crippen molar-refractivity contribution in [3.8, 4) is 0 Å². The molecule has 1 saturated heterocycles. The predicted octanol–water partition coefficient (Wildman–Crippen LogP) is 2.40. The molecule has 1 N–H and O–H groups in total. The third-order valence-corrected chi connectivity index (χ3v) is 7.47. The zero-order valence-corrected chi connectivity index (χ0v) is 17.6. The Morgan fingerprint density at radius 1 is 0.966 bits per heavy atom. The maximum atomic E-state index is 12.7. The van der Waals surface area contributed by atoms with Crippen LogP contribution in [0.3, 0.4) is 0 Å². The number of benzene rings is 1. The number of hydrogen-bond donors (Lipinski definition) is 1. The summed E-state index contributed by atoms with van der Waals surface area (Å²) in [5, 5.41) is 2.91. The molecule has 1 aliphatic carbocycles. The molecule has 1 amide bonds. The molecule has 160 valence electrons. The molecule has 0 atom stereocenters. The van der Waals surface area contributed by atoms with Gasteiger partial charge in [0.05, 0.1) is 11.3 Å². The number of sulfonamides is 1. The zero-order chi connectivity index (χ0) is 20.7. The van der Waals surface area contributed by atoms with Gasteiger partial charge in [-0.3, -0.25) is 9.59 Å². The Hall–Kier alpha value is -1.93. The summed E-state index contributed by atoms with van der Waals surface area (Å²) in [7, 11) is -3.48. The summed E-state index contributed by atoms with van der Waals surface area (Å²) in [5.74, 6) is -0.774. The van der Waals surface area contributed by atoms with Crippen molar-refractivity contribution >= 4 is 21.9 Å². The molecular formula is C21H30N2O5S. The van der Waals surface area contributed by atoms with E-state index in [0.717, 1.165) is 44.9 Å². The van der Waals surface area contributed by atoms with Crippen molar-refractivity contribution in [1.29, 1.82) is 0 Å². The highest BCUT2D eigenvalue weighted by molar-refractivity contribution is 7.89. The number of nitrogens with zero attached hydrogens (tertiary/aromatic N) is 1. The summed E-state index contributed by atoms with van der Waals surface area (Å²) in [5.41, 5.74) is 0.653. The summed E-state index contributed by atoms with van der Waals surface area (Å²) in [4.78, 5) is 24.2. The Kier molecular flexibility index (Phi) is 7.66. The lowest BCUT2D eigenvalue weighted by Crippen LogP contribution is -2.38. The second-order valence-corrected chi connectivity index (χ2v) is 9.79. The summed E-state index contributed by atoms with van der Waals surface area (Å²) in [6.45, 7) is 0.829. The van der Waals surface area contributed by atoms with E-state index in [-0.39, 0.29) is 29.9 Å². The van der Waals surface area contributed by atoms with E-state index in [1.165, 1.54) is 22.9 Å². The number of esters is 1. The van der Waals surface area contributed by atoms with Gasteiger partial charge >= 0.3 is 5.97 Å². The maximum Gasteiger partial charge on any atom is 0.310 e. The average molecular weight is 423 g/mol. The molecule has 2 aliphatic rings. The van der Waals surface area contributed by atoms with Crippen molar-refractivity contribution in [1.82, 2.24) is 9.62 Å². The van der Waals surface area contributed by atoms with Crippen molar-refractivity contribution < 1.29 is 22.7 Å². The third-order valence-electron chi connectivity index (χ3n) is 5.56. The first-order valence-electron chi connectivity index (χ1n) is 10.5.